The summed E-state index contributed by atoms with van der Waals surface area (Å²) in [5.74, 6) is 0.630. The molecule has 0 aliphatic heterocycles. The number of aromatic nitrogens is 1. The van der Waals surface area contributed by atoms with Crippen LogP contribution in [-0.2, 0) is 16.6 Å². The normalized spacial score (nSPS) is 11.8. The standard InChI is InChI=1S/C17H24ClN5O2S2.HI/c1-4-19-17(21-11-16-12(2)23-13(3)26-16)20-8-9-22-27(24,25)15-7-5-6-14(18)10-15;/h5-7,10,22H,4,8-9,11H2,1-3H3,(H2,19,20,21);1H. The molecule has 2 rings (SSSR count). The van der Waals surface area contributed by atoms with Crippen molar-refractivity contribution in [2.24, 2.45) is 4.99 Å². The fourth-order valence-electron chi connectivity index (χ4n) is 2.30. The Balaban J connectivity index is 0.00000392. The molecule has 0 saturated heterocycles. The molecular weight excluding hydrogens is 533 g/mol. The number of halogens is 2. The number of guanidine groups is 1. The third-order valence-corrected chi connectivity index (χ3v) is 6.29. The third kappa shape index (κ3) is 7.82. The van der Waals surface area contributed by atoms with Gasteiger partial charge in [-0.2, -0.15) is 0 Å². The number of nitrogens with zero attached hydrogens (tertiary/aromatic N) is 2. The maximum absolute atomic E-state index is 12.3. The van der Waals surface area contributed by atoms with E-state index in [0.717, 1.165) is 15.6 Å². The summed E-state index contributed by atoms with van der Waals surface area (Å²) in [6, 6.07) is 6.16. The summed E-state index contributed by atoms with van der Waals surface area (Å²) < 4.78 is 27.1. The molecule has 0 aliphatic rings. The second-order valence-corrected chi connectivity index (χ2v) is 9.21. The van der Waals surface area contributed by atoms with Gasteiger partial charge in [0, 0.05) is 29.5 Å². The van der Waals surface area contributed by atoms with Crippen LogP contribution >= 0.6 is 46.9 Å². The minimum atomic E-state index is -3.59. The van der Waals surface area contributed by atoms with Gasteiger partial charge in [0.25, 0.3) is 0 Å². The van der Waals surface area contributed by atoms with Gasteiger partial charge in [0.05, 0.1) is 22.1 Å². The minimum Gasteiger partial charge on any atom is -0.357 e. The van der Waals surface area contributed by atoms with E-state index in [1.165, 1.54) is 12.1 Å². The van der Waals surface area contributed by atoms with Gasteiger partial charge >= 0.3 is 0 Å². The van der Waals surface area contributed by atoms with Crippen molar-refractivity contribution in [2.45, 2.75) is 32.2 Å². The van der Waals surface area contributed by atoms with Crippen molar-refractivity contribution >= 4 is 62.9 Å². The maximum atomic E-state index is 12.3. The van der Waals surface area contributed by atoms with Crippen LogP contribution in [-0.4, -0.2) is 39.0 Å². The molecule has 0 atom stereocenters. The molecule has 0 saturated carbocycles. The molecule has 0 bridgehead atoms. The molecule has 0 unspecified atom stereocenters. The minimum absolute atomic E-state index is 0. The van der Waals surface area contributed by atoms with Crippen LogP contribution in [0.25, 0.3) is 0 Å². The first-order valence-electron chi connectivity index (χ1n) is 8.52. The molecule has 0 spiro atoms. The highest BCUT2D eigenvalue weighted by molar-refractivity contribution is 14.0. The smallest absolute Gasteiger partial charge is 0.240 e. The monoisotopic (exact) mass is 557 g/mol. The number of hydrogen-bond acceptors (Lipinski definition) is 5. The van der Waals surface area contributed by atoms with Gasteiger partial charge in [0.2, 0.25) is 10.0 Å². The average molecular weight is 558 g/mol. The highest BCUT2D eigenvalue weighted by Crippen LogP contribution is 2.18. The first-order valence-corrected chi connectivity index (χ1v) is 11.2. The molecule has 0 radical (unpaired) electrons. The van der Waals surface area contributed by atoms with E-state index in [9.17, 15) is 8.42 Å². The molecule has 1 aromatic heterocycles. The first kappa shape index (κ1) is 25.1. The average Bonchev–Trinajstić information content (AvgIpc) is 2.94. The highest BCUT2D eigenvalue weighted by atomic mass is 127. The van der Waals surface area contributed by atoms with Gasteiger partial charge in [0.15, 0.2) is 5.96 Å². The predicted molar refractivity (Wildman–Crippen MR) is 126 cm³/mol. The molecule has 0 aliphatic carbocycles. The van der Waals surface area contributed by atoms with Crippen molar-refractivity contribution in [1.29, 1.82) is 0 Å². The fourth-order valence-corrected chi connectivity index (χ4v) is 4.49. The zero-order valence-electron chi connectivity index (χ0n) is 16.0. The van der Waals surface area contributed by atoms with Crippen molar-refractivity contribution in [2.75, 3.05) is 19.6 Å². The molecule has 28 heavy (non-hydrogen) atoms. The number of rotatable bonds is 8. The lowest BCUT2D eigenvalue weighted by Gasteiger charge is -2.12. The molecule has 1 aromatic carbocycles. The van der Waals surface area contributed by atoms with Gasteiger partial charge in [-0.05, 0) is 39.0 Å². The molecule has 11 heteroatoms. The van der Waals surface area contributed by atoms with Crippen LogP contribution in [0.3, 0.4) is 0 Å². The Bertz CT molecular complexity index is 903. The topological polar surface area (TPSA) is 95.5 Å². The SMILES string of the molecule is CCNC(=NCc1sc(C)nc1C)NCCNS(=O)(=O)c1cccc(Cl)c1.I. The number of aliphatic imine (C=N–C) groups is 1. The van der Waals surface area contributed by atoms with E-state index >= 15 is 0 Å². The van der Waals surface area contributed by atoms with Crippen molar-refractivity contribution in [3.05, 3.63) is 44.9 Å². The van der Waals surface area contributed by atoms with Crippen LogP contribution in [0.1, 0.15) is 22.5 Å². The zero-order valence-corrected chi connectivity index (χ0v) is 20.7. The molecular formula is C17H25ClIN5O2S2. The van der Waals surface area contributed by atoms with Crippen LogP contribution in [0.15, 0.2) is 34.2 Å². The van der Waals surface area contributed by atoms with Gasteiger partial charge in [-0.25, -0.2) is 23.1 Å². The zero-order chi connectivity index (χ0) is 19.9. The van der Waals surface area contributed by atoms with Crippen molar-refractivity contribution in [1.82, 2.24) is 20.3 Å². The van der Waals surface area contributed by atoms with E-state index in [1.54, 1.807) is 23.5 Å². The molecule has 1 heterocycles. The molecule has 0 amide bonds. The lowest BCUT2D eigenvalue weighted by molar-refractivity contribution is 0.580. The Morgan fingerprint density at radius 2 is 2.00 bits per heavy atom. The quantitative estimate of drug-likeness (QED) is 0.201. The fraction of sp³-hybridized carbons (Fsp3) is 0.412. The number of benzene rings is 1. The number of thiazole rings is 1. The summed E-state index contributed by atoms with van der Waals surface area (Å²) in [5, 5.41) is 7.67. The number of nitrogens with one attached hydrogen (secondary N) is 3. The summed E-state index contributed by atoms with van der Waals surface area (Å²) in [7, 11) is -3.59. The molecule has 3 N–H and O–H groups in total. The van der Waals surface area contributed by atoms with E-state index in [-0.39, 0.29) is 35.4 Å². The first-order chi connectivity index (χ1) is 12.8. The van der Waals surface area contributed by atoms with Crippen LogP contribution in [0, 0.1) is 13.8 Å². The Morgan fingerprint density at radius 3 is 2.61 bits per heavy atom. The maximum Gasteiger partial charge on any atom is 0.240 e. The summed E-state index contributed by atoms with van der Waals surface area (Å²) in [4.78, 5) is 10.2. The second kappa shape index (κ2) is 11.9. The summed E-state index contributed by atoms with van der Waals surface area (Å²) in [6.07, 6.45) is 0. The van der Waals surface area contributed by atoms with Crippen molar-refractivity contribution < 1.29 is 8.42 Å². The lowest BCUT2D eigenvalue weighted by atomic mass is 10.4. The molecule has 0 fully saturated rings. The molecule has 7 nitrogen and oxygen atoms in total. The van der Waals surface area contributed by atoms with Crippen molar-refractivity contribution in [3.8, 4) is 0 Å². The van der Waals surface area contributed by atoms with E-state index < -0.39 is 10.0 Å². The lowest BCUT2D eigenvalue weighted by Crippen LogP contribution is -2.41. The van der Waals surface area contributed by atoms with Crippen molar-refractivity contribution in [3.63, 3.8) is 0 Å². The highest BCUT2D eigenvalue weighted by Gasteiger charge is 2.13. The second-order valence-electron chi connectivity index (χ2n) is 5.72. The Hall–Kier alpha value is -0.950. The van der Waals surface area contributed by atoms with E-state index in [4.69, 9.17) is 11.6 Å². The van der Waals surface area contributed by atoms with Crippen LogP contribution in [0.5, 0.6) is 0 Å². The number of aryl methyl sites for hydroxylation is 2. The Kier molecular flexibility index (Phi) is 10.7. The van der Waals surface area contributed by atoms with Crippen LogP contribution in [0.2, 0.25) is 5.02 Å². The molecule has 2 aromatic rings. The third-order valence-electron chi connectivity index (χ3n) is 3.54. The molecule has 156 valence electrons. The predicted octanol–water partition coefficient (Wildman–Crippen LogP) is 3.06. The number of hydrogen-bond donors (Lipinski definition) is 3. The van der Waals surface area contributed by atoms with E-state index in [2.05, 4.69) is 25.3 Å². The number of sulfonamides is 1. The van der Waals surface area contributed by atoms with Gasteiger partial charge < -0.3 is 10.6 Å². The summed E-state index contributed by atoms with van der Waals surface area (Å²) in [5.41, 5.74) is 0.992. The van der Waals surface area contributed by atoms with Crippen LogP contribution in [0.4, 0.5) is 0 Å². The van der Waals surface area contributed by atoms with Gasteiger partial charge in [-0.3, -0.25) is 0 Å². The Morgan fingerprint density at radius 1 is 1.25 bits per heavy atom. The summed E-state index contributed by atoms with van der Waals surface area (Å²) in [6.45, 7) is 7.77. The van der Waals surface area contributed by atoms with E-state index in [0.29, 0.717) is 30.6 Å². The summed E-state index contributed by atoms with van der Waals surface area (Å²) >= 11 is 7.48. The Labute approximate surface area is 192 Å². The van der Waals surface area contributed by atoms with Gasteiger partial charge in [-0.15, -0.1) is 35.3 Å². The van der Waals surface area contributed by atoms with Gasteiger partial charge in [0.1, 0.15) is 0 Å². The van der Waals surface area contributed by atoms with Crippen LogP contribution < -0.4 is 15.4 Å². The van der Waals surface area contributed by atoms with E-state index in [1.807, 2.05) is 20.8 Å². The largest absolute Gasteiger partial charge is 0.357 e. The van der Waals surface area contributed by atoms with Gasteiger partial charge in [-0.1, -0.05) is 17.7 Å².